The van der Waals surface area contributed by atoms with Crippen LogP contribution < -0.4 is 10.2 Å². The first-order valence-electron chi connectivity index (χ1n) is 9.44. The molecule has 0 radical (unpaired) electrons. The zero-order chi connectivity index (χ0) is 19.1. The smallest absolute Gasteiger partial charge is 0.493 e. The summed E-state index contributed by atoms with van der Waals surface area (Å²) < 4.78 is 23.2. The summed E-state index contributed by atoms with van der Waals surface area (Å²) in [6.45, 7) is 10.5. The van der Waals surface area contributed by atoms with E-state index in [1.807, 2.05) is 46.8 Å². The first-order valence-corrected chi connectivity index (χ1v) is 9.44. The Balaban J connectivity index is 2.08. The molecule has 6 heteroatoms. The molecule has 0 spiro atoms. The Morgan fingerprint density at radius 1 is 1.19 bits per heavy atom. The highest BCUT2D eigenvalue weighted by Gasteiger charge is 2.52. The second-order valence-corrected chi connectivity index (χ2v) is 8.12. The SMILES string of the molecule is CCOc1cc(B2OC(C)(C)C(C)(C)O2)c(C2CCC2)cc1C(=O)OC. The zero-order valence-corrected chi connectivity index (χ0v) is 16.7. The minimum atomic E-state index is -0.471. The number of hydrogen-bond acceptors (Lipinski definition) is 5. The summed E-state index contributed by atoms with van der Waals surface area (Å²) >= 11 is 0. The van der Waals surface area contributed by atoms with Crippen molar-refractivity contribution in [3.05, 3.63) is 23.3 Å². The normalized spacial score (nSPS) is 21.4. The molecule has 1 saturated heterocycles. The van der Waals surface area contributed by atoms with Crippen molar-refractivity contribution < 1.29 is 23.6 Å². The van der Waals surface area contributed by atoms with Crippen LogP contribution in [0.1, 0.15) is 75.7 Å². The van der Waals surface area contributed by atoms with E-state index in [9.17, 15) is 4.79 Å². The van der Waals surface area contributed by atoms with Crippen LogP contribution in [0.3, 0.4) is 0 Å². The van der Waals surface area contributed by atoms with Crippen LogP contribution in [0.4, 0.5) is 0 Å². The summed E-state index contributed by atoms with van der Waals surface area (Å²) in [5, 5.41) is 0. The van der Waals surface area contributed by atoms with E-state index >= 15 is 0 Å². The van der Waals surface area contributed by atoms with E-state index in [0.717, 1.165) is 23.9 Å². The summed E-state index contributed by atoms with van der Waals surface area (Å²) in [6, 6.07) is 3.83. The van der Waals surface area contributed by atoms with Crippen LogP contribution in [0.25, 0.3) is 0 Å². The lowest BCUT2D eigenvalue weighted by Gasteiger charge is -2.32. The van der Waals surface area contributed by atoms with Crippen molar-refractivity contribution in [2.24, 2.45) is 0 Å². The number of rotatable bonds is 5. The van der Waals surface area contributed by atoms with Gasteiger partial charge in [-0.2, -0.15) is 0 Å². The molecule has 0 aromatic heterocycles. The molecule has 1 aliphatic carbocycles. The van der Waals surface area contributed by atoms with Gasteiger partial charge in [-0.05, 0) is 76.5 Å². The van der Waals surface area contributed by atoms with Crippen molar-refractivity contribution in [3.8, 4) is 5.75 Å². The molecular weight excluding hydrogens is 331 g/mol. The third-order valence-electron chi connectivity index (χ3n) is 5.94. The average molecular weight is 360 g/mol. The summed E-state index contributed by atoms with van der Waals surface area (Å²) in [7, 11) is 0.921. The molecule has 1 heterocycles. The second-order valence-electron chi connectivity index (χ2n) is 8.12. The van der Waals surface area contributed by atoms with Gasteiger partial charge in [-0.1, -0.05) is 6.42 Å². The number of carbonyl (C=O) groups excluding carboxylic acids is 1. The van der Waals surface area contributed by atoms with E-state index in [2.05, 4.69) is 0 Å². The zero-order valence-electron chi connectivity index (χ0n) is 16.7. The fraction of sp³-hybridized carbons (Fsp3) is 0.650. The first-order chi connectivity index (χ1) is 12.2. The second kappa shape index (κ2) is 6.89. The largest absolute Gasteiger partial charge is 0.495 e. The molecule has 1 aromatic carbocycles. The molecule has 0 atom stereocenters. The van der Waals surface area contributed by atoms with Crippen molar-refractivity contribution in [3.63, 3.8) is 0 Å². The number of hydrogen-bond donors (Lipinski definition) is 0. The summed E-state index contributed by atoms with van der Waals surface area (Å²) in [5.74, 6) is 0.560. The van der Waals surface area contributed by atoms with E-state index in [1.54, 1.807) is 0 Å². The van der Waals surface area contributed by atoms with Crippen molar-refractivity contribution in [1.29, 1.82) is 0 Å². The van der Waals surface area contributed by atoms with Crippen LogP contribution in [-0.2, 0) is 14.0 Å². The van der Waals surface area contributed by atoms with Crippen LogP contribution in [0.2, 0.25) is 0 Å². The minimum absolute atomic E-state index is 0.380. The lowest BCUT2D eigenvalue weighted by molar-refractivity contribution is 0.00578. The molecule has 1 saturated carbocycles. The van der Waals surface area contributed by atoms with Crippen LogP contribution in [0, 0.1) is 0 Å². The molecular formula is C20H29BO5. The van der Waals surface area contributed by atoms with Crippen LogP contribution in [-0.4, -0.2) is 38.0 Å². The molecule has 0 bridgehead atoms. The fourth-order valence-corrected chi connectivity index (χ4v) is 3.40. The van der Waals surface area contributed by atoms with Gasteiger partial charge in [-0.3, -0.25) is 0 Å². The summed E-state index contributed by atoms with van der Waals surface area (Å²) in [4.78, 5) is 12.3. The van der Waals surface area contributed by atoms with Crippen LogP contribution >= 0.6 is 0 Å². The number of ether oxygens (including phenoxy) is 2. The Bertz CT molecular complexity index is 678. The lowest BCUT2D eigenvalue weighted by atomic mass is 9.68. The van der Waals surface area contributed by atoms with Gasteiger partial charge < -0.3 is 18.8 Å². The van der Waals surface area contributed by atoms with Gasteiger partial charge >= 0.3 is 13.1 Å². The highest BCUT2D eigenvalue weighted by Crippen LogP contribution is 2.41. The molecule has 0 amide bonds. The molecule has 26 heavy (non-hydrogen) atoms. The molecule has 5 nitrogen and oxygen atoms in total. The van der Waals surface area contributed by atoms with E-state index in [-0.39, 0.29) is 5.97 Å². The maximum atomic E-state index is 12.3. The number of carbonyl (C=O) groups is 1. The number of benzene rings is 1. The molecule has 0 unspecified atom stereocenters. The first kappa shape index (κ1) is 19.2. The van der Waals surface area contributed by atoms with Gasteiger partial charge in [0.05, 0.1) is 24.9 Å². The molecule has 3 rings (SSSR count). The Kier molecular flexibility index (Phi) is 5.10. The van der Waals surface area contributed by atoms with Gasteiger partial charge in [-0.15, -0.1) is 0 Å². The monoisotopic (exact) mass is 360 g/mol. The van der Waals surface area contributed by atoms with E-state index in [0.29, 0.717) is 23.8 Å². The van der Waals surface area contributed by atoms with Crippen molar-refractivity contribution >= 4 is 18.6 Å². The Labute approximate surface area is 156 Å². The summed E-state index contributed by atoms with van der Waals surface area (Å²) in [5.41, 5.74) is 1.71. The highest BCUT2D eigenvalue weighted by molar-refractivity contribution is 6.62. The average Bonchev–Trinajstić information content (AvgIpc) is 2.74. The molecule has 0 N–H and O–H groups in total. The van der Waals surface area contributed by atoms with E-state index in [4.69, 9.17) is 18.8 Å². The van der Waals surface area contributed by atoms with Gasteiger partial charge in [0.15, 0.2) is 0 Å². The number of methoxy groups -OCH3 is 1. The van der Waals surface area contributed by atoms with Gasteiger partial charge in [0.25, 0.3) is 0 Å². The van der Waals surface area contributed by atoms with Gasteiger partial charge in [0.1, 0.15) is 11.3 Å². The topological polar surface area (TPSA) is 54.0 Å². The molecule has 1 aliphatic heterocycles. The third-order valence-corrected chi connectivity index (χ3v) is 5.94. The van der Waals surface area contributed by atoms with Crippen molar-refractivity contribution in [2.45, 2.75) is 71.0 Å². The van der Waals surface area contributed by atoms with Gasteiger partial charge in [0, 0.05) is 0 Å². The van der Waals surface area contributed by atoms with E-state index < -0.39 is 18.3 Å². The maximum absolute atomic E-state index is 12.3. The van der Waals surface area contributed by atoms with Gasteiger partial charge in [-0.25, -0.2) is 4.79 Å². The van der Waals surface area contributed by atoms with Crippen LogP contribution in [0.15, 0.2) is 12.1 Å². The Morgan fingerprint density at radius 3 is 2.27 bits per heavy atom. The predicted molar refractivity (Wildman–Crippen MR) is 101 cm³/mol. The maximum Gasteiger partial charge on any atom is 0.495 e. The van der Waals surface area contributed by atoms with Crippen LogP contribution in [0.5, 0.6) is 5.75 Å². The molecule has 2 fully saturated rings. The fourth-order valence-electron chi connectivity index (χ4n) is 3.40. The molecule has 2 aliphatic rings. The van der Waals surface area contributed by atoms with Gasteiger partial charge in [0.2, 0.25) is 0 Å². The van der Waals surface area contributed by atoms with Crippen molar-refractivity contribution in [2.75, 3.05) is 13.7 Å². The minimum Gasteiger partial charge on any atom is -0.493 e. The lowest BCUT2D eigenvalue weighted by Crippen LogP contribution is -2.41. The van der Waals surface area contributed by atoms with E-state index in [1.165, 1.54) is 13.5 Å². The predicted octanol–water partition coefficient (Wildman–Crippen LogP) is 3.44. The quantitative estimate of drug-likeness (QED) is 0.595. The standard InChI is InChI=1S/C20H29BO5/c1-7-24-17-12-16(21-25-19(2,3)20(4,5)26-21)14(13-9-8-10-13)11-15(17)18(22)23-6/h11-13H,7-10H2,1-6H3. The Hall–Kier alpha value is -1.53. The highest BCUT2D eigenvalue weighted by atomic mass is 16.7. The van der Waals surface area contributed by atoms with Crippen molar-refractivity contribution in [1.82, 2.24) is 0 Å². The molecule has 1 aromatic rings. The molecule has 142 valence electrons. The number of esters is 1. The Morgan fingerprint density at radius 2 is 1.81 bits per heavy atom. The summed E-state index contributed by atoms with van der Waals surface area (Å²) in [6.07, 6.45) is 3.43. The third kappa shape index (κ3) is 3.25.